The average molecular weight is 322 g/mol. The van der Waals surface area contributed by atoms with Gasteiger partial charge in [0, 0.05) is 24.8 Å². The molecule has 2 aromatic rings. The second kappa shape index (κ2) is 4.65. The van der Waals surface area contributed by atoms with E-state index in [1.54, 1.807) is 4.68 Å². The molecule has 19 heavy (non-hydrogen) atoms. The van der Waals surface area contributed by atoms with Gasteiger partial charge in [-0.3, -0.25) is 4.79 Å². The number of aromatic nitrogens is 3. The van der Waals surface area contributed by atoms with E-state index < -0.39 is 0 Å². The average Bonchev–Trinajstić information content (AvgIpc) is 2.68. The van der Waals surface area contributed by atoms with Crippen LogP contribution >= 0.6 is 15.9 Å². The maximum atomic E-state index is 11.6. The Labute approximate surface area is 118 Å². The summed E-state index contributed by atoms with van der Waals surface area (Å²) < 4.78 is 2.19. The summed E-state index contributed by atoms with van der Waals surface area (Å²) >= 11 is 3.23. The van der Waals surface area contributed by atoms with Gasteiger partial charge >= 0.3 is 0 Å². The number of halogens is 1. The van der Waals surface area contributed by atoms with E-state index in [-0.39, 0.29) is 5.91 Å². The van der Waals surface area contributed by atoms with E-state index in [1.807, 2.05) is 25.2 Å². The first-order valence-electron chi connectivity index (χ1n) is 5.88. The van der Waals surface area contributed by atoms with Crippen molar-refractivity contribution in [2.45, 2.75) is 6.42 Å². The fourth-order valence-corrected chi connectivity index (χ4v) is 2.50. The molecule has 7 heteroatoms. The molecule has 0 fully saturated rings. The molecule has 2 heterocycles. The molecule has 1 amide bonds. The van der Waals surface area contributed by atoms with Crippen molar-refractivity contribution >= 4 is 33.5 Å². The molecule has 1 aliphatic rings. The topological polar surface area (TPSA) is 71.8 Å². The second-order valence-corrected chi connectivity index (χ2v) is 5.04. The largest absolute Gasteiger partial charge is 0.352 e. The first-order chi connectivity index (χ1) is 9.13. The Morgan fingerprint density at radius 2 is 2.32 bits per heavy atom. The third-order valence-electron chi connectivity index (χ3n) is 3.02. The number of nitrogens with one attached hydrogen (secondary N) is 2. The molecule has 0 unspecified atom stereocenters. The summed E-state index contributed by atoms with van der Waals surface area (Å²) in [4.78, 5) is 15.9. The number of hydrogen-bond donors (Lipinski definition) is 2. The molecule has 2 N–H and O–H groups in total. The molecule has 0 bridgehead atoms. The van der Waals surface area contributed by atoms with E-state index in [0.717, 1.165) is 23.2 Å². The Morgan fingerprint density at radius 3 is 3.05 bits per heavy atom. The molecular formula is C12H12BrN5O. The van der Waals surface area contributed by atoms with Crippen molar-refractivity contribution in [2.24, 2.45) is 7.05 Å². The summed E-state index contributed by atoms with van der Waals surface area (Å²) in [6, 6.07) is 5.68. The lowest BCUT2D eigenvalue weighted by atomic mass is 10.00. The van der Waals surface area contributed by atoms with E-state index in [1.165, 1.54) is 0 Å². The number of aryl methyl sites for hydroxylation is 1. The van der Waals surface area contributed by atoms with Crippen LogP contribution in [0, 0.1) is 0 Å². The highest BCUT2D eigenvalue weighted by Crippen LogP contribution is 2.22. The summed E-state index contributed by atoms with van der Waals surface area (Å²) in [6.07, 6.45) is 0.846. The standard InChI is InChI=1S/C12H12BrN5O/c1-18-12(16-11(13)17-18)15-8-2-3-9-7(6-8)4-5-14-10(9)19/h2-3,6H,4-5H2,1H3,(H,14,19)(H,15,16,17). The number of rotatable bonds is 2. The van der Waals surface area contributed by atoms with E-state index in [4.69, 9.17) is 0 Å². The van der Waals surface area contributed by atoms with Crippen molar-refractivity contribution in [2.75, 3.05) is 11.9 Å². The van der Waals surface area contributed by atoms with Crippen LogP contribution in [0.15, 0.2) is 22.9 Å². The smallest absolute Gasteiger partial charge is 0.251 e. The molecule has 0 saturated heterocycles. The third kappa shape index (κ3) is 2.33. The van der Waals surface area contributed by atoms with Gasteiger partial charge in [-0.1, -0.05) is 0 Å². The van der Waals surface area contributed by atoms with Crippen LogP contribution in [0.1, 0.15) is 15.9 Å². The molecule has 0 aliphatic carbocycles. The molecule has 0 saturated carbocycles. The van der Waals surface area contributed by atoms with Crippen LogP contribution in [0.4, 0.5) is 11.6 Å². The van der Waals surface area contributed by atoms with Crippen LogP contribution in [-0.2, 0) is 13.5 Å². The van der Waals surface area contributed by atoms with Gasteiger partial charge in [0.15, 0.2) is 0 Å². The predicted octanol–water partition coefficient (Wildman–Crippen LogP) is 1.61. The molecule has 1 aliphatic heterocycles. The zero-order valence-electron chi connectivity index (χ0n) is 10.3. The lowest BCUT2D eigenvalue weighted by Crippen LogP contribution is -2.31. The lowest BCUT2D eigenvalue weighted by Gasteiger charge is -2.17. The van der Waals surface area contributed by atoms with Gasteiger partial charge in [0.2, 0.25) is 10.7 Å². The van der Waals surface area contributed by atoms with Gasteiger partial charge in [-0.25, -0.2) is 4.68 Å². The summed E-state index contributed by atoms with van der Waals surface area (Å²) in [7, 11) is 1.81. The number of carbonyl (C=O) groups excluding carboxylic acids is 1. The predicted molar refractivity (Wildman–Crippen MR) is 74.5 cm³/mol. The SMILES string of the molecule is Cn1nc(Br)nc1Nc1ccc2c(c1)CCNC2=O. The van der Waals surface area contributed by atoms with Crippen LogP contribution in [0.25, 0.3) is 0 Å². The third-order valence-corrected chi connectivity index (χ3v) is 3.36. The van der Waals surface area contributed by atoms with Crippen molar-refractivity contribution in [1.82, 2.24) is 20.1 Å². The second-order valence-electron chi connectivity index (χ2n) is 4.33. The Kier molecular flexibility index (Phi) is 2.98. The molecule has 1 aromatic heterocycles. The maximum absolute atomic E-state index is 11.6. The highest BCUT2D eigenvalue weighted by molar-refractivity contribution is 9.10. The number of amides is 1. The Morgan fingerprint density at radius 1 is 1.47 bits per heavy atom. The van der Waals surface area contributed by atoms with E-state index in [9.17, 15) is 4.79 Å². The molecule has 98 valence electrons. The van der Waals surface area contributed by atoms with Gasteiger partial charge < -0.3 is 10.6 Å². The van der Waals surface area contributed by atoms with Crippen LogP contribution < -0.4 is 10.6 Å². The normalized spacial score (nSPS) is 13.9. The van der Waals surface area contributed by atoms with E-state index in [2.05, 4.69) is 36.6 Å². The van der Waals surface area contributed by atoms with Crippen LogP contribution in [-0.4, -0.2) is 27.2 Å². The fourth-order valence-electron chi connectivity index (χ4n) is 2.10. The van der Waals surface area contributed by atoms with Gasteiger partial charge in [0.05, 0.1) is 0 Å². The van der Waals surface area contributed by atoms with Gasteiger partial charge in [0.1, 0.15) is 0 Å². The van der Waals surface area contributed by atoms with Gasteiger partial charge in [-0.15, -0.1) is 5.10 Å². The van der Waals surface area contributed by atoms with Crippen molar-refractivity contribution < 1.29 is 4.79 Å². The maximum Gasteiger partial charge on any atom is 0.251 e. The quantitative estimate of drug-likeness (QED) is 0.881. The molecule has 6 nitrogen and oxygen atoms in total. The van der Waals surface area contributed by atoms with E-state index >= 15 is 0 Å². The van der Waals surface area contributed by atoms with Crippen molar-refractivity contribution in [3.05, 3.63) is 34.1 Å². The summed E-state index contributed by atoms with van der Waals surface area (Å²) in [5, 5.41) is 10.1. The molecule has 3 rings (SSSR count). The van der Waals surface area contributed by atoms with Gasteiger partial charge in [-0.05, 0) is 46.1 Å². The summed E-state index contributed by atoms with van der Waals surface area (Å²) in [5.74, 6) is 0.640. The first kappa shape index (κ1) is 12.2. The minimum Gasteiger partial charge on any atom is -0.352 e. The summed E-state index contributed by atoms with van der Waals surface area (Å²) in [5.41, 5.74) is 2.70. The van der Waals surface area contributed by atoms with E-state index in [0.29, 0.717) is 17.2 Å². The molecule has 0 atom stereocenters. The van der Waals surface area contributed by atoms with Crippen LogP contribution in [0.2, 0.25) is 0 Å². The fraction of sp³-hybridized carbons (Fsp3) is 0.250. The molecule has 0 spiro atoms. The van der Waals surface area contributed by atoms with Crippen molar-refractivity contribution in [3.8, 4) is 0 Å². The first-order valence-corrected chi connectivity index (χ1v) is 6.67. The highest BCUT2D eigenvalue weighted by atomic mass is 79.9. The van der Waals surface area contributed by atoms with Crippen molar-refractivity contribution in [1.29, 1.82) is 0 Å². The number of carbonyl (C=O) groups is 1. The monoisotopic (exact) mass is 321 g/mol. The van der Waals surface area contributed by atoms with Crippen molar-refractivity contribution in [3.63, 3.8) is 0 Å². The Hall–Kier alpha value is -1.89. The van der Waals surface area contributed by atoms with Gasteiger partial charge in [0.25, 0.3) is 5.91 Å². The Bertz CT molecular complexity index is 652. The minimum atomic E-state index is -0.00537. The number of benzene rings is 1. The number of hydrogen-bond acceptors (Lipinski definition) is 4. The number of anilines is 2. The molecule has 1 aromatic carbocycles. The van der Waals surface area contributed by atoms with Gasteiger partial charge in [-0.2, -0.15) is 4.98 Å². The Balaban J connectivity index is 1.90. The number of fused-ring (bicyclic) bond motifs is 1. The zero-order chi connectivity index (χ0) is 13.4. The zero-order valence-corrected chi connectivity index (χ0v) is 11.9. The minimum absolute atomic E-state index is 0.00537. The number of nitrogens with zero attached hydrogens (tertiary/aromatic N) is 3. The summed E-state index contributed by atoms with van der Waals surface area (Å²) in [6.45, 7) is 0.685. The molecule has 0 radical (unpaired) electrons. The van der Waals surface area contributed by atoms with Crippen LogP contribution in [0.3, 0.4) is 0 Å². The molecular weight excluding hydrogens is 310 g/mol. The highest BCUT2D eigenvalue weighted by Gasteiger charge is 2.16. The lowest BCUT2D eigenvalue weighted by molar-refractivity contribution is 0.0946. The van der Waals surface area contributed by atoms with Crippen LogP contribution in [0.5, 0.6) is 0 Å².